The van der Waals surface area contributed by atoms with Crippen molar-refractivity contribution in [1.82, 2.24) is 15.1 Å². The second kappa shape index (κ2) is 8.14. The number of hydrogen-bond acceptors (Lipinski definition) is 3. The molecule has 2 aliphatic rings. The number of nitrogens with one attached hydrogen (secondary N) is 1. The number of carbonyl (C=O) groups excluding carboxylic acids is 1. The Bertz CT molecular complexity index is 322. The van der Waals surface area contributed by atoms with Crippen LogP contribution in [0.2, 0.25) is 0 Å². The van der Waals surface area contributed by atoms with Gasteiger partial charge in [0.2, 0.25) is 5.91 Å². The molecule has 2 fully saturated rings. The molecule has 0 bridgehead atoms. The number of nitrogens with zero attached hydrogens (tertiary/aromatic N) is 2. The lowest BCUT2D eigenvalue weighted by atomic mass is 9.90. The zero-order valence-electron chi connectivity index (χ0n) is 14.1. The highest BCUT2D eigenvalue weighted by atomic mass is 16.2. The van der Waals surface area contributed by atoms with Crippen LogP contribution in [-0.4, -0.2) is 61.0 Å². The standard InChI is InChI=1S/C17H33N3O/c1-4-19(5-2)13-15-7-10-20(11-8-15)17(21)16-6-9-18-14(3)12-16/h14-16,18H,4-13H2,1-3H3. The van der Waals surface area contributed by atoms with Crippen LogP contribution in [0.25, 0.3) is 0 Å². The van der Waals surface area contributed by atoms with Gasteiger partial charge in [0.1, 0.15) is 0 Å². The lowest BCUT2D eigenvalue weighted by Crippen LogP contribution is -2.47. The molecule has 4 nitrogen and oxygen atoms in total. The predicted octanol–water partition coefficient (Wildman–Crippen LogP) is 1.95. The zero-order valence-corrected chi connectivity index (χ0v) is 14.1. The Morgan fingerprint density at radius 1 is 1.19 bits per heavy atom. The summed E-state index contributed by atoms with van der Waals surface area (Å²) in [7, 11) is 0. The third-order valence-electron chi connectivity index (χ3n) is 5.31. The van der Waals surface area contributed by atoms with Crippen molar-refractivity contribution in [2.24, 2.45) is 11.8 Å². The first-order valence-electron chi connectivity index (χ1n) is 8.88. The van der Waals surface area contributed by atoms with Gasteiger partial charge in [0, 0.05) is 31.6 Å². The fourth-order valence-corrected chi connectivity index (χ4v) is 3.80. The van der Waals surface area contributed by atoms with Gasteiger partial charge in [-0.1, -0.05) is 13.8 Å². The van der Waals surface area contributed by atoms with Gasteiger partial charge in [-0.3, -0.25) is 4.79 Å². The minimum Gasteiger partial charge on any atom is -0.342 e. The molecule has 2 heterocycles. The minimum atomic E-state index is 0.264. The van der Waals surface area contributed by atoms with Crippen molar-refractivity contribution in [1.29, 1.82) is 0 Å². The van der Waals surface area contributed by atoms with Crippen molar-refractivity contribution < 1.29 is 4.79 Å². The maximum Gasteiger partial charge on any atom is 0.225 e. The van der Waals surface area contributed by atoms with Crippen LogP contribution >= 0.6 is 0 Å². The topological polar surface area (TPSA) is 35.6 Å². The Kier molecular flexibility index (Phi) is 6.49. The van der Waals surface area contributed by atoms with E-state index in [-0.39, 0.29) is 5.92 Å². The van der Waals surface area contributed by atoms with E-state index in [4.69, 9.17) is 0 Å². The Labute approximate surface area is 130 Å². The monoisotopic (exact) mass is 295 g/mol. The van der Waals surface area contributed by atoms with Crippen LogP contribution in [0.5, 0.6) is 0 Å². The summed E-state index contributed by atoms with van der Waals surface area (Å²) in [5.74, 6) is 1.46. The van der Waals surface area contributed by atoms with Crippen LogP contribution in [0.1, 0.15) is 46.5 Å². The number of carbonyl (C=O) groups is 1. The Balaban J connectivity index is 1.76. The summed E-state index contributed by atoms with van der Waals surface area (Å²) in [6.07, 6.45) is 4.40. The van der Waals surface area contributed by atoms with Crippen molar-refractivity contribution in [3.63, 3.8) is 0 Å². The molecule has 0 aromatic heterocycles. The molecular formula is C17H33N3O. The summed E-state index contributed by atoms with van der Waals surface area (Å²) >= 11 is 0. The van der Waals surface area contributed by atoms with Gasteiger partial charge in [-0.05, 0) is 58.2 Å². The average molecular weight is 295 g/mol. The van der Waals surface area contributed by atoms with Gasteiger partial charge < -0.3 is 15.1 Å². The zero-order chi connectivity index (χ0) is 15.2. The van der Waals surface area contributed by atoms with E-state index in [9.17, 15) is 4.79 Å². The maximum atomic E-state index is 12.6. The van der Waals surface area contributed by atoms with E-state index < -0.39 is 0 Å². The fraction of sp³-hybridized carbons (Fsp3) is 0.941. The first kappa shape index (κ1) is 16.8. The molecule has 122 valence electrons. The number of piperidine rings is 2. The number of amides is 1. The van der Waals surface area contributed by atoms with Crippen molar-refractivity contribution in [3.05, 3.63) is 0 Å². The van der Waals surface area contributed by atoms with E-state index in [1.165, 1.54) is 19.4 Å². The molecule has 0 saturated carbocycles. The highest BCUT2D eigenvalue weighted by Crippen LogP contribution is 2.24. The van der Waals surface area contributed by atoms with Gasteiger partial charge >= 0.3 is 0 Å². The molecular weight excluding hydrogens is 262 g/mol. The van der Waals surface area contributed by atoms with Gasteiger partial charge in [0.15, 0.2) is 0 Å². The first-order valence-corrected chi connectivity index (χ1v) is 8.88. The molecule has 0 aromatic rings. The van der Waals surface area contributed by atoms with Crippen molar-refractivity contribution in [3.8, 4) is 0 Å². The van der Waals surface area contributed by atoms with Gasteiger partial charge in [-0.25, -0.2) is 0 Å². The quantitative estimate of drug-likeness (QED) is 0.842. The number of likely N-dealkylation sites (tertiary alicyclic amines) is 1. The van der Waals surface area contributed by atoms with Crippen molar-refractivity contribution in [2.75, 3.05) is 39.3 Å². The highest BCUT2D eigenvalue weighted by Gasteiger charge is 2.31. The Hall–Kier alpha value is -0.610. The average Bonchev–Trinajstić information content (AvgIpc) is 2.52. The third-order valence-corrected chi connectivity index (χ3v) is 5.31. The molecule has 2 aliphatic heterocycles. The molecule has 2 atom stereocenters. The fourth-order valence-electron chi connectivity index (χ4n) is 3.80. The van der Waals surface area contributed by atoms with E-state index in [0.717, 1.165) is 51.5 Å². The van der Waals surface area contributed by atoms with Crippen LogP contribution in [0, 0.1) is 11.8 Å². The lowest BCUT2D eigenvalue weighted by molar-refractivity contribution is -0.138. The molecule has 2 rings (SSSR count). The second-order valence-corrected chi connectivity index (χ2v) is 6.83. The van der Waals surface area contributed by atoms with E-state index >= 15 is 0 Å². The first-order chi connectivity index (χ1) is 10.1. The summed E-state index contributed by atoms with van der Waals surface area (Å²) in [5, 5.41) is 3.43. The van der Waals surface area contributed by atoms with E-state index in [2.05, 4.69) is 35.9 Å². The molecule has 1 amide bonds. The molecule has 2 unspecified atom stereocenters. The lowest BCUT2D eigenvalue weighted by Gasteiger charge is -2.37. The van der Waals surface area contributed by atoms with Gasteiger partial charge in [-0.2, -0.15) is 0 Å². The predicted molar refractivity (Wildman–Crippen MR) is 87.3 cm³/mol. The van der Waals surface area contributed by atoms with Crippen molar-refractivity contribution in [2.45, 2.75) is 52.5 Å². The summed E-state index contributed by atoms with van der Waals surface area (Å²) in [6.45, 7) is 13.1. The maximum absolute atomic E-state index is 12.6. The minimum absolute atomic E-state index is 0.264. The molecule has 0 spiro atoms. The van der Waals surface area contributed by atoms with Crippen molar-refractivity contribution >= 4 is 5.91 Å². The third kappa shape index (κ3) is 4.68. The van der Waals surface area contributed by atoms with Crippen LogP contribution < -0.4 is 5.32 Å². The van der Waals surface area contributed by atoms with Crippen LogP contribution in [-0.2, 0) is 4.79 Å². The molecule has 0 radical (unpaired) electrons. The molecule has 4 heteroatoms. The summed E-state index contributed by atoms with van der Waals surface area (Å²) in [4.78, 5) is 17.3. The van der Waals surface area contributed by atoms with Gasteiger partial charge in [0.25, 0.3) is 0 Å². The summed E-state index contributed by atoms with van der Waals surface area (Å²) in [5.41, 5.74) is 0. The van der Waals surface area contributed by atoms with Crippen LogP contribution in [0.15, 0.2) is 0 Å². The Morgan fingerprint density at radius 2 is 1.86 bits per heavy atom. The van der Waals surface area contributed by atoms with Gasteiger partial charge in [-0.15, -0.1) is 0 Å². The van der Waals surface area contributed by atoms with Gasteiger partial charge in [0.05, 0.1) is 0 Å². The Morgan fingerprint density at radius 3 is 2.43 bits per heavy atom. The molecule has 2 saturated heterocycles. The smallest absolute Gasteiger partial charge is 0.225 e. The summed E-state index contributed by atoms with van der Waals surface area (Å²) < 4.78 is 0. The highest BCUT2D eigenvalue weighted by molar-refractivity contribution is 5.79. The van der Waals surface area contributed by atoms with E-state index in [1.807, 2.05) is 0 Å². The molecule has 21 heavy (non-hydrogen) atoms. The number of rotatable bonds is 5. The second-order valence-electron chi connectivity index (χ2n) is 6.83. The van der Waals surface area contributed by atoms with Crippen LogP contribution in [0.3, 0.4) is 0 Å². The van der Waals surface area contributed by atoms with E-state index in [0.29, 0.717) is 11.9 Å². The summed E-state index contributed by atoms with van der Waals surface area (Å²) in [6, 6.07) is 0.493. The molecule has 0 aliphatic carbocycles. The number of hydrogen-bond donors (Lipinski definition) is 1. The molecule has 1 N–H and O–H groups in total. The normalized spacial score (nSPS) is 28.1. The SMILES string of the molecule is CCN(CC)CC1CCN(C(=O)C2CCNC(C)C2)CC1. The van der Waals surface area contributed by atoms with Crippen LogP contribution in [0.4, 0.5) is 0 Å². The largest absolute Gasteiger partial charge is 0.342 e. The molecule has 0 aromatic carbocycles. The van der Waals surface area contributed by atoms with E-state index in [1.54, 1.807) is 0 Å².